The van der Waals surface area contributed by atoms with Gasteiger partial charge >= 0.3 is 0 Å². The highest BCUT2D eigenvalue weighted by Crippen LogP contribution is 2.28. The number of nitrogens with one attached hydrogen (secondary N) is 1. The second-order valence-corrected chi connectivity index (χ2v) is 5.52. The summed E-state index contributed by atoms with van der Waals surface area (Å²) in [5, 5.41) is 3.94. The maximum absolute atomic E-state index is 13.1. The van der Waals surface area contributed by atoms with E-state index in [0.29, 0.717) is 23.4 Å². The molecule has 1 aliphatic carbocycles. The molecule has 2 aromatic carbocycles. The van der Waals surface area contributed by atoms with Crippen molar-refractivity contribution >= 4 is 11.6 Å². The zero-order chi connectivity index (χ0) is 14.8. The monoisotopic (exact) mass is 309 g/mol. The highest BCUT2D eigenvalue weighted by Gasteiger charge is 2.20. The molecular weight excluding hydrogens is 296 g/mol. The average Bonchev–Trinajstić information content (AvgIpc) is 3.20. The summed E-state index contributed by atoms with van der Waals surface area (Å²) in [4.78, 5) is 0. The van der Waals surface area contributed by atoms with Gasteiger partial charge in [-0.1, -0.05) is 17.7 Å². The van der Waals surface area contributed by atoms with Crippen LogP contribution in [0.3, 0.4) is 0 Å². The molecule has 1 aliphatic rings. The summed E-state index contributed by atoms with van der Waals surface area (Å²) < 4.78 is 31.6. The second kappa shape index (κ2) is 6.00. The summed E-state index contributed by atoms with van der Waals surface area (Å²) in [7, 11) is 0. The molecule has 0 radical (unpaired) electrons. The molecule has 1 N–H and O–H groups in total. The lowest BCUT2D eigenvalue weighted by Gasteiger charge is -2.10. The maximum Gasteiger partial charge on any atom is 0.133 e. The van der Waals surface area contributed by atoms with Gasteiger partial charge in [0.2, 0.25) is 0 Å². The topological polar surface area (TPSA) is 21.3 Å². The largest absolute Gasteiger partial charge is 0.457 e. The Hall–Kier alpha value is -1.65. The van der Waals surface area contributed by atoms with Gasteiger partial charge in [-0.15, -0.1) is 0 Å². The van der Waals surface area contributed by atoms with E-state index in [1.54, 1.807) is 12.1 Å². The molecule has 0 saturated heterocycles. The molecule has 3 rings (SSSR count). The van der Waals surface area contributed by atoms with Crippen molar-refractivity contribution in [3.8, 4) is 11.5 Å². The van der Waals surface area contributed by atoms with Gasteiger partial charge in [-0.3, -0.25) is 0 Å². The first-order chi connectivity index (χ1) is 10.1. The Kier molecular flexibility index (Phi) is 4.08. The van der Waals surface area contributed by atoms with Crippen LogP contribution in [-0.4, -0.2) is 6.04 Å². The van der Waals surface area contributed by atoms with Gasteiger partial charge in [0.25, 0.3) is 0 Å². The molecule has 0 aromatic heterocycles. The van der Waals surface area contributed by atoms with Gasteiger partial charge in [0.05, 0.1) is 0 Å². The Morgan fingerprint density at radius 3 is 2.38 bits per heavy atom. The zero-order valence-corrected chi connectivity index (χ0v) is 12.0. The third-order valence-electron chi connectivity index (χ3n) is 3.25. The van der Waals surface area contributed by atoms with Gasteiger partial charge in [0.15, 0.2) is 0 Å². The Bertz CT molecular complexity index is 638. The van der Waals surface area contributed by atoms with E-state index < -0.39 is 11.6 Å². The van der Waals surface area contributed by atoms with Crippen molar-refractivity contribution in [3.05, 3.63) is 58.6 Å². The normalized spacial score (nSPS) is 14.2. The van der Waals surface area contributed by atoms with Crippen LogP contribution in [-0.2, 0) is 6.54 Å². The van der Waals surface area contributed by atoms with Crippen LogP contribution in [0.4, 0.5) is 8.78 Å². The molecule has 0 bridgehead atoms. The van der Waals surface area contributed by atoms with E-state index in [1.807, 2.05) is 6.07 Å². The van der Waals surface area contributed by atoms with Crippen LogP contribution in [0.1, 0.15) is 18.4 Å². The molecular formula is C16H14ClF2NO. The van der Waals surface area contributed by atoms with Crippen LogP contribution in [0.5, 0.6) is 11.5 Å². The van der Waals surface area contributed by atoms with Crippen LogP contribution in [0.15, 0.2) is 36.4 Å². The van der Waals surface area contributed by atoms with Crippen molar-refractivity contribution in [1.29, 1.82) is 0 Å². The quantitative estimate of drug-likeness (QED) is 0.867. The summed E-state index contributed by atoms with van der Waals surface area (Å²) in [6.45, 7) is 0.707. The van der Waals surface area contributed by atoms with Gasteiger partial charge in [-0.2, -0.15) is 0 Å². The summed E-state index contributed by atoms with van der Waals surface area (Å²) >= 11 is 6.19. The van der Waals surface area contributed by atoms with E-state index in [1.165, 1.54) is 12.8 Å². The number of hydrogen-bond acceptors (Lipinski definition) is 2. The van der Waals surface area contributed by atoms with Gasteiger partial charge < -0.3 is 10.1 Å². The predicted molar refractivity (Wildman–Crippen MR) is 77.7 cm³/mol. The SMILES string of the molecule is Fc1cc(F)cc(Oc2ccc(CNC3CC3)c(Cl)c2)c1. The van der Waals surface area contributed by atoms with Crippen molar-refractivity contribution in [1.82, 2.24) is 5.32 Å². The average molecular weight is 310 g/mol. The molecule has 0 amide bonds. The lowest BCUT2D eigenvalue weighted by Crippen LogP contribution is -2.15. The molecule has 0 atom stereocenters. The minimum Gasteiger partial charge on any atom is -0.457 e. The van der Waals surface area contributed by atoms with Crippen molar-refractivity contribution in [2.75, 3.05) is 0 Å². The fourth-order valence-electron chi connectivity index (χ4n) is 2.00. The minimum atomic E-state index is -0.679. The van der Waals surface area contributed by atoms with Crippen LogP contribution < -0.4 is 10.1 Å². The first-order valence-electron chi connectivity index (χ1n) is 6.76. The molecule has 1 saturated carbocycles. The number of hydrogen-bond donors (Lipinski definition) is 1. The summed E-state index contributed by atoms with van der Waals surface area (Å²) in [5.74, 6) is -0.810. The molecule has 1 fully saturated rings. The maximum atomic E-state index is 13.1. The van der Waals surface area contributed by atoms with Crippen LogP contribution >= 0.6 is 11.6 Å². The van der Waals surface area contributed by atoms with Gasteiger partial charge in [-0.05, 0) is 30.5 Å². The Balaban J connectivity index is 1.71. The molecule has 0 spiro atoms. The van der Waals surface area contributed by atoms with E-state index in [2.05, 4.69) is 5.32 Å². The third kappa shape index (κ3) is 3.93. The van der Waals surface area contributed by atoms with Crippen LogP contribution in [0.25, 0.3) is 0 Å². The molecule has 110 valence electrons. The lowest BCUT2D eigenvalue weighted by molar-refractivity contribution is 0.468. The van der Waals surface area contributed by atoms with E-state index in [4.69, 9.17) is 16.3 Å². The molecule has 0 aliphatic heterocycles. The molecule has 2 nitrogen and oxygen atoms in total. The van der Waals surface area contributed by atoms with E-state index in [0.717, 1.165) is 23.8 Å². The minimum absolute atomic E-state index is 0.104. The van der Waals surface area contributed by atoms with Crippen molar-refractivity contribution < 1.29 is 13.5 Å². The standard InChI is InChI=1S/C16H14ClF2NO/c17-16-8-14(4-1-10(16)9-20-13-2-3-13)21-15-6-11(18)5-12(19)7-15/h1,4-8,13,20H,2-3,9H2. The highest BCUT2D eigenvalue weighted by atomic mass is 35.5. The highest BCUT2D eigenvalue weighted by molar-refractivity contribution is 6.31. The van der Waals surface area contributed by atoms with Crippen LogP contribution in [0.2, 0.25) is 5.02 Å². The molecule has 21 heavy (non-hydrogen) atoms. The van der Waals surface area contributed by atoms with Gasteiger partial charge in [0, 0.05) is 35.8 Å². The van der Waals surface area contributed by atoms with Crippen LogP contribution in [0, 0.1) is 11.6 Å². The second-order valence-electron chi connectivity index (χ2n) is 5.12. The van der Waals surface area contributed by atoms with Crippen molar-refractivity contribution in [3.63, 3.8) is 0 Å². The Morgan fingerprint density at radius 1 is 1.05 bits per heavy atom. The Morgan fingerprint density at radius 2 is 1.76 bits per heavy atom. The van der Waals surface area contributed by atoms with Gasteiger partial charge in [-0.25, -0.2) is 8.78 Å². The number of rotatable bonds is 5. The van der Waals surface area contributed by atoms with E-state index in [-0.39, 0.29) is 5.75 Å². The smallest absolute Gasteiger partial charge is 0.133 e. The summed E-state index contributed by atoms with van der Waals surface area (Å²) in [5.41, 5.74) is 0.973. The first kappa shape index (κ1) is 14.3. The molecule has 5 heteroatoms. The van der Waals surface area contributed by atoms with Crippen molar-refractivity contribution in [2.45, 2.75) is 25.4 Å². The fraction of sp³-hybridized carbons (Fsp3) is 0.250. The van der Waals surface area contributed by atoms with Gasteiger partial charge in [0.1, 0.15) is 23.1 Å². The number of benzene rings is 2. The molecule has 0 heterocycles. The third-order valence-corrected chi connectivity index (χ3v) is 3.61. The Labute approximate surface area is 126 Å². The first-order valence-corrected chi connectivity index (χ1v) is 7.14. The summed E-state index contributed by atoms with van der Waals surface area (Å²) in [6.07, 6.45) is 2.42. The summed E-state index contributed by atoms with van der Waals surface area (Å²) in [6, 6.07) is 8.88. The lowest BCUT2D eigenvalue weighted by atomic mass is 10.2. The van der Waals surface area contributed by atoms with E-state index >= 15 is 0 Å². The fourth-order valence-corrected chi connectivity index (χ4v) is 2.24. The van der Waals surface area contributed by atoms with E-state index in [9.17, 15) is 8.78 Å². The zero-order valence-electron chi connectivity index (χ0n) is 11.2. The number of ether oxygens (including phenoxy) is 1. The molecule has 2 aromatic rings. The van der Waals surface area contributed by atoms with Crippen molar-refractivity contribution in [2.24, 2.45) is 0 Å². The predicted octanol–water partition coefficient (Wildman–Crippen LogP) is 4.66. The molecule has 0 unspecified atom stereocenters. The number of halogens is 3.